The average Bonchev–Trinajstić information content (AvgIpc) is 2.42. The van der Waals surface area contributed by atoms with Crippen molar-refractivity contribution in [2.45, 2.75) is 83.4 Å². The number of carbonyl (C=O) groups is 1. The second-order valence-electron chi connectivity index (χ2n) is 8.36. The first-order valence-corrected chi connectivity index (χ1v) is 11.5. The van der Waals surface area contributed by atoms with Crippen molar-refractivity contribution >= 4 is 14.1 Å². The van der Waals surface area contributed by atoms with Crippen LogP contribution in [-0.4, -0.2) is 39.2 Å². The molecule has 2 aliphatic rings. The van der Waals surface area contributed by atoms with Crippen molar-refractivity contribution in [1.29, 1.82) is 0 Å². The number of hydrogen-bond donors (Lipinski definition) is 0. The van der Waals surface area contributed by atoms with Crippen LogP contribution < -0.4 is 0 Å². The van der Waals surface area contributed by atoms with Crippen molar-refractivity contribution < 1.29 is 18.7 Å². The van der Waals surface area contributed by atoms with Crippen LogP contribution in [-0.2, 0) is 18.7 Å². The highest BCUT2D eigenvalue weighted by Crippen LogP contribution is 2.41. The number of Topliss-reactive ketones (excluding diaryl/α,β-unsaturated/α-hetero) is 1. The molecule has 0 aliphatic carbocycles. The molecule has 0 radical (unpaired) electrons. The first-order valence-electron chi connectivity index (χ1n) is 8.57. The van der Waals surface area contributed by atoms with E-state index in [2.05, 4.69) is 40.8 Å². The second-order valence-corrected chi connectivity index (χ2v) is 13.1. The van der Waals surface area contributed by atoms with E-state index in [1.807, 2.05) is 0 Å². The van der Waals surface area contributed by atoms with Crippen LogP contribution in [0.4, 0.5) is 0 Å². The number of ether oxygens (including phenoxy) is 2. The van der Waals surface area contributed by atoms with Crippen LogP contribution in [0.3, 0.4) is 0 Å². The topological polar surface area (TPSA) is 44.8 Å². The lowest BCUT2D eigenvalue weighted by Gasteiger charge is -2.46. The van der Waals surface area contributed by atoms with Crippen LogP contribution >= 0.6 is 0 Å². The molecule has 0 aromatic carbocycles. The predicted molar refractivity (Wildman–Crippen MR) is 89.3 cm³/mol. The van der Waals surface area contributed by atoms with E-state index in [-0.39, 0.29) is 23.5 Å². The van der Waals surface area contributed by atoms with E-state index >= 15 is 0 Å². The summed E-state index contributed by atoms with van der Waals surface area (Å²) in [6.45, 7) is 14.0. The molecule has 0 aromatic heterocycles. The summed E-state index contributed by atoms with van der Waals surface area (Å²) < 4.78 is 18.2. The molecule has 2 aliphatic heterocycles. The SMILES string of the molecule is CC[C@@H]1CC[C@@]2(C[C@H](O[Si](C)(C)C(C)(C)C)C(=O)CO2)OC1. The zero-order valence-corrected chi connectivity index (χ0v) is 16.0. The van der Waals surface area contributed by atoms with Gasteiger partial charge in [0.05, 0.1) is 6.61 Å². The van der Waals surface area contributed by atoms with Gasteiger partial charge in [-0.3, -0.25) is 4.79 Å². The molecule has 0 unspecified atom stereocenters. The van der Waals surface area contributed by atoms with Crippen LogP contribution in [0.2, 0.25) is 18.1 Å². The molecular weight excluding hydrogens is 296 g/mol. The molecule has 3 atom stereocenters. The maximum absolute atomic E-state index is 12.3. The van der Waals surface area contributed by atoms with Crippen molar-refractivity contribution in [3.05, 3.63) is 0 Å². The standard InChI is InChI=1S/C17H32O4Si/c1-7-13-8-9-17(19-11-13)10-15(14(18)12-20-17)21-22(5,6)16(2,3)4/h13,15H,7-12H2,1-6H3/t13-,15+,17-/m1/s1. The van der Waals surface area contributed by atoms with Gasteiger partial charge in [-0.05, 0) is 30.5 Å². The second kappa shape index (κ2) is 6.34. The molecular formula is C17H32O4Si. The highest BCUT2D eigenvalue weighted by atomic mass is 28.4. The van der Waals surface area contributed by atoms with Crippen molar-refractivity contribution in [3.8, 4) is 0 Å². The van der Waals surface area contributed by atoms with Crippen molar-refractivity contribution in [3.63, 3.8) is 0 Å². The smallest absolute Gasteiger partial charge is 0.193 e. The van der Waals surface area contributed by atoms with E-state index in [0.29, 0.717) is 12.3 Å². The summed E-state index contributed by atoms with van der Waals surface area (Å²) >= 11 is 0. The van der Waals surface area contributed by atoms with E-state index in [1.54, 1.807) is 0 Å². The van der Waals surface area contributed by atoms with Crippen molar-refractivity contribution in [2.24, 2.45) is 5.92 Å². The van der Waals surface area contributed by atoms with Crippen molar-refractivity contribution in [1.82, 2.24) is 0 Å². The fourth-order valence-corrected chi connectivity index (χ4v) is 4.12. The van der Waals surface area contributed by atoms with Gasteiger partial charge in [0.1, 0.15) is 12.7 Å². The Bertz CT molecular complexity index is 405. The predicted octanol–water partition coefficient (Wildman–Crippen LogP) is 3.90. The zero-order valence-electron chi connectivity index (χ0n) is 15.0. The zero-order chi connectivity index (χ0) is 16.6. The summed E-state index contributed by atoms with van der Waals surface area (Å²) in [5.74, 6) is 0.0929. The van der Waals surface area contributed by atoms with Crippen LogP contribution in [0.5, 0.6) is 0 Å². The molecule has 4 nitrogen and oxygen atoms in total. The Morgan fingerprint density at radius 2 is 2.00 bits per heavy atom. The lowest BCUT2D eigenvalue weighted by Crippen LogP contribution is -2.55. The maximum atomic E-state index is 12.3. The fraction of sp³-hybridized carbons (Fsp3) is 0.941. The Balaban J connectivity index is 2.05. The molecule has 0 N–H and O–H groups in total. The fourth-order valence-electron chi connectivity index (χ4n) is 2.84. The number of hydrogen-bond acceptors (Lipinski definition) is 4. The Labute approximate surface area is 136 Å². The summed E-state index contributed by atoms with van der Waals surface area (Å²) in [6, 6.07) is 0. The molecule has 128 valence electrons. The summed E-state index contributed by atoms with van der Waals surface area (Å²) in [7, 11) is -1.97. The van der Waals surface area contributed by atoms with Gasteiger partial charge >= 0.3 is 0 Å². The lowest BCUT2D eigenvalue weighted by atomic mass is 9.89. The van der Waals surface area contributed by atoms with Gasteiger partial charge in [-0.25, -0.2) is 0 Å². The van der Waals surface area contributed by atoms with E-state index in [1.165, 1.54) is 0 Å². The van der Waals surface area contributed by atoms with E-state index in [9.17, 15) is 4.79 Å². The monoisotopic (exact) mass is 328 g/mol. The average molecular weight is 329 g/mol. The molecule has 5 heteroatoms. The first-order chi connectivity index (χ1) is 10.1. The lowest BCUT2D eigenvalue weighted by molar-refractivity contribution is -0.284. The third-order valence-electron chi connectivity index (χ3n) is 5.67. The van der Waals surface area contributed by atoms with Crippen LogP contribution in [0.1, 0.15) is 53.4 Å². The summed E-state index contributed by atoms with van der Waals surface area (Å²) in [6.07, 6.45) is 3.30. The molecule has 2 saturated heterocycles. The molecule has 1 spiro atoms. The molecule has 22 heavy (non-hydrogen) atoms. The normalized spacial score (nSPS) is 34.2. The van der Waals surface area contributed by atoms with E-state index in [4.69, 9.17) is 13.9 Å². The van der Waals surface area contributed by atoms with Gasteiger partial charge in [0.15, 0.2) is 19.9 Å². The first kappa shape index (κ1) is 18.1. The maximum Gasteiger partial charge on any atom is 0.193 e. The van der Waals surface area contributed by atoms with Gasteiger partial charge in [0, 0.05) is 12.8 Å². The van der Waals surface area contributed by atoms with Gasteiger partial charge < -0.3 is 13.9 Å². The Hall–Kier alpha value is -0.233. The van der Waals surface area contributed by atoms with Gasteiger partial charge in [-0.2, -0.15) is 0 Å². The Morgan fingerprint density at radius 3 is 2.50 bits per heavy atom. The highest BCUT2D eigenvalue weighted by Gasteiger charge is 2.48. The van der Waals surface area contributed by atoms with Crippen LogP contribution in [0, 0.1) is 5.92 Å². The minimum Gasteiger partial charge on any atom is -0.407 e. The third-order valence-corrected chi connectivity index (χ3v) is 10.2. The molecule has 2 heterocycles. The third kappa shape index (κ3) is 3.81. The van der Waals surface area contributed by atoms with Crippen LogP contribution in [0.25, 0.3) is 0 Å². The molecule has 2 rings (SSSR count). The Kier molecular flexibility index (Phi) is 5.22. The molecule has 0 saturated carbocycles. The van der Waals surface area contributed by atoms with Gasteiger partial charge in [-0.15, -0.1) is 0 Å². The number of carbonyl (C=O) groups excluding carboxylic acids is 1. The summed E-state index contributed by atoms with van der Waals surface area (Å²) in [4.78, 5) is 12.3. The quantitative estimate of drug-likeness (QED) is 0.737. The largest absolute Gasteiger partial charge is 0.407 e. The number of rotatable bonds is 3. The van der Waals surface area contributed by atoms with Gasteiger partial charge in [0.2, 0.25) is 0 Å². The molecule has 0 bridgehead atoms. The van der Waals surface area contributed by atoms with Crippen molar-refractivity contribution in [2.75, 3.05) is 13.2 Å². The van der Waals surface area contributed by atoms with Crippen LogP contribution in [0.15, 0.2) is 0 Å². The van der Waals surface area contributed by atoms with E-state index in [0.717, 1.165) is 25.9 Å². The highest BCUT2D eigenvalue weighted by molar-refractivity contribution is 6.74. The number of ketones is 1. The minimum absolute atomic E-state index is 0.0664. The summed E-state index contributed by atoms with van der Waals surface area (Å²) in [5, 5.41) is 0.0967. The summed E-state index contributed by atoms with van der Waals surface area (Å²) in [5.41, 5.74) is 0. The van der Waals surface area contributed by atoms with E-state index < -0.39 is 14.1 Å². The van der Waals surface area contributed by atoms with Gasteiger partial charge in [-0.1, -0.05) is 34.1 Å². The molecule has 2 fully saturated rings. The Morgan fingerprint density at radius 1 is 1.32 bits per heavy atom. The van der Waals surface area contributed by atoms with Gasteiger partial charge in [0.25, 0.3) is 0 Å². The minimum atomic E-state index is -1.97. The molecule has 0 amide bonds. The molecule has 0 aromatic rings.